The lowest BCUT2D eigenvalue weighted by Crippen LogP contribution is -2.47. The molecule has 1 saturated carbocycles. The molecule has 1 saturated heterocycles. The van der Waals surface area contributed by atoms with E-state index in [1.807, 2.05) is 19.1 Å². The van der Waals surface area contributed by atoms with Crippen LogP contribution in [0.25, 0.3) is 22.7 Å². The maximum atomic E-state index is 12.8. The Bertz CT molecular complexity index is 1160. The minimum atomic E-state index is -0.163. The van der Waals surface area contributed by atoms with Crippen LogP contribution in [0, 0.1) is 6.92 Å². The number of piperazine rings is 1. The maximum Gasteiger partial charge on any atom is 0.343 e. The fourth-order valence-electron chi connectivity index (χ4n) is 4.01. The van der Waals surface area contributed by atoms with E-state index in [1.165, 1.54) is 12.8 Å². The molecule has 8 nitrogen and oxygen atoms in total. The van der Waals surface area contributed by atoms with Crippen LogP contribution in [-0.2, 0) is 0 Å². The Hall–Kier alpha value is -3.26. The highest BCUT2D eigenvalue weighted by Crippen LogP contribution is 2.28. The van der Waals surface area contributed by atoms with Crippen LogP contribution in [0.15, 0.2) is 35.4 Å². The molecule has 0 radical (unpaired) electrons. The molecule has 0 amide bonds. The minimum absolute atomic E-state index is 0.163. The smallest absolute Gasteiger partial charge is 0.343 e. The largest absolute Gasteiger partial charge is 0.392 e. The first kappa shape index (κ1) is 18.7. The SMILES string of the molecule is Cc1cnc(C=C(N)c2[nH]c(=O)c3cc(N4CCN(C5CC5)CC4)ccc3[nH+]2)cn1. The van der Waals surface area contributed by atoms with Crippen LogP contribution in [0.1, 0.15) is 30.1 Å². The highest BCUT2D eigenvalue weighted by atomic mass is 16.1. The number of fused-ring (bicyclic) bond motifs is 1. The third-order valence-corrected chi connectivity index (χ3v) is 5.88. The lowest BCUT2D eigenvalue weighted by atomic mass is 10.2. The minimum Gasteiger partial charge on any atom is -0.392 e. The second kappa shape index (κ2) is 7.53. The van der Waals surface area contributed by atoms with Gasteiger partial charge in [0.1, 0.15) is 16.6 Å². The van der Waals surface area contributed by atoms with Gasteiger partial charge >= 0.3 is 11.4 Å². The number of hydrogen-bond donors (Lipinski definition) is 2. The molecule has 30 heavy (non-hydrogen) atoms. The van der Waals surface area contributed by atoms with Crippen LogP contribution in [0.2, 0.25) is 0 Å². The first-order valence-corrected chi connectivity index (χ1v) is 10.4. The van der Waals surface area contributed by atoms with Crippen molar-refractivity contribution in [1.29, 1.82) is 0 Å². The van der Waals surface area contributed by atoms with Crippen molar-refractivity contribution in [2.45, 2.75) is 25.8 Å². The van der Waals surface area contributed by atoms with E-state index >= 15 is 0 Å². The number of H-pyrrole nitrogens is 2. The van der Waals surface area contributed by atoms with Gasteiger partial charge < -0.3 is 10.6 Å². The van der Waals surface area contributed by atoms with E-state index in [1.54, 1.807) is 18.5 Å². The molecular weight excluding hydrogens is 378 g/mol. The molecule has 0 atom stereocenters. The molecule has 1 aliphatic heterocycles. The highest BCUT2D eigenvalue weighted by molar-refractivity contribution is 5.81. The number of nitrogens with two attached hydrogens (primary N) is 1. The Morgan fingerprint density at radius 1 is 1.20 bits per heavy atom. The fraction of sp³-hybridized carbons (Fsp3) is 0.364. The Morgan fingerprint density at radius 2 is 2.00 bits per heavy atom. The molecule has 2 aliphatic rings. The molecule has 0 bridgehead atoms. The van der Waals surface area contributed by atoms with Gasteiger partial charge in [0.15, 0.2) is 0 Å². The van der Waals surface area contributed by atoms with Crippen molar-refractivity contribution in [1.82, 2.24) is 19.9 Å². The van der Waals surface area contributed by atoms with Gasteiger partial charge in [0.2, 0.25) is 0 Å². The van der Waals surface area contributed by atoms with E-state index in [2.05, 4.69) is 35.8 Å². The molecule has 0 spiro atoms. The summed E-state index contributed by atoms with van der Waals surface area (Å²) in [6.45, 7) is 6.05. The Labute approximate surface area is 174 Å². The number of aryl methyl sites for hydroxylation is 1. The van der Waals surface area contributed by atoms with Gasteiger partial charge in [0.25, 0.3) is 0 Å². The normalized spacial score (nSPS) is 18.2. The third-order valence-electron chi connectivity index (χ3n) is 5.88. The van der Waals surface area contributed by atoms with Crippen molar-refractivity contribution in [2.24, 2.45) is 5.73 Å². The average Bonchev–Trinajstić information content (AvgIpc) is 3.61. The summed E-state index contributed by atoms with van der Waals surface area (Å²) in [5.41, 5.74) is 9.73. The van der Waals surface area contributed by atoms with Gasteiger partial charge in [-0.15, -0.1) is 0 Å². The first-order valence-electron chi connectivity index (χ1n) is 10.4. The quantitative estimate of drug-likeness (QED) is 0.677. The van der Waals surface area contributed by atoms with Crippen molar-refractivity contribution in [3.8, 4) is 0 Å². The molecule has 2 fully saturated rings. The third kappa shape index (κ3) is 3.78. The summed E-state index contributed by atoms with van der Waals surface area (Å²) >= 11 is 0. The predicted octanol–water partition coefficient (Wildman–Crippen LogP) is 1.18. The number of nitrogens with one attached hydrogen (secondary N) is 2. The maximum absolute atomic E-state index is 12.8. The number of hydrogen-bond acceptors (Lipinski definition) is 6. The molecular formula is C22H26N7O+. The zero-order chi connectivity index (χ0) is 20.7. The summed E-state index contributed by atoms with van der Waals surface area (Å²) in [6, 6.07) is 6.80. The highest BCUT2D eigenvalue weighted by Gasteiger charge is 2.31. The summed E-state index contributed by atoms with van der Waals surface area (Å²) in [5.74, 6) is 0.459. The van der Waals surface area contributed by atoms with Crippen molar-refractivity contribution in [3.63, 3.8) is 0 Å². The zero-order valence-electron chi connectivity index (χ0n) is 17.1. The van der Waals surface area contributed by atoms with Crippen LogP contribution < -0.4 is 21.2 Å². The first-order chi connectivity index (χ1) is 14.6. The summed E-state index contributed by atoms with van der Waals surface area (Å²) < 4.78 is 0. The molecule has 154 valence electrons. The van der Waals surface area contributed by atoms with Gasteiger partial charge in [0.05, 0.1) is 17.6 Å². The molecule has 8 heteroatoms. The molecule has 3 aromatic rings. The van der Waals surface area contributed by atoms with E-state index in [-0.39, 0.29) is 5.56 Å². The van der Waals surface area contributed by atoms with E-state index in [0.717, 1.165) is 49.1 Å². The average molecular weight is 404 g/mol. The Kier molecular flexibility index (Phi) is 4.71. The second-order valence-corrected chi connectivity index (χ2v) is 8.12. The predicted molar refractivity (Wildman–Crippen MR) is 117 cm³/mol. The van der Waals surface area contributed by atoms with Crippen LogP contribution >= 0.6 is 0 Å². The zero-order valence-corrected chi connectivity index (χ0v) is 17.1. The molecule has 2 aromatic heterocycles. The molecule has 1 aromatic carbocycles. The van der Waals surface area contributed by atoms with Crippen molar-refractivity contribution in [2.75, 3.05) is 31.1 Å². The van der Waals surface area contributed by atoms with Gasteiger partial charge in [-0.05, 0) is 44.0 Å². The van der Waals surface area contributed by atoms with Gasteiger partial charge in [-0.3, -0.25) is 14.9 Å². The van der Waals surface area contributed by atoms with E-state index in [9.17, 15) is 4.79 Å². The second-order valence-electron chi connectivity index (χ2n) is 8.12. The standard InChI is InChI=1S/C22H25N7O/c1-14-12-25-15(13-24-14)10-19(23)21-26-20-5-4-17(11-18(20)22(30)27-21)29-8-6-28(7-9-29)16-2-3-16/h4-5,10-13,16H,2-3,6-9,23H2,1H3,(H,26,27,30)/p+1. The summed E-state index contributed by atoms with van der Waals surface area (Å²) in [7, 11) is 0. The fourth-order valence-corrected chi connectivity index (χ4v) is 4.01. The van der Waals surface area contributed by atoms with E-state index in [4.69, 9.17) is 5.73 Å². The van der Waals surface area contributed by atoms with Gasteiger partial charge in [-0.2, -0.15) is 0 Å². The number of nitrogens with zero attached hydrogens (tertiary/aromatic N) is 4. The van der Waals surface area contributed by atoms with Crippen LogP contribution in [-0.4, -0.2) is 52.1 Å². The van der Waals surface area contributed by atoms with Gasteiger partial charge in [-0.1, -0.05) is 0 Å². The van der Waals surface area contributed by atoms with E-state index in [0.29, 0.717) is 22.6 Å². The van der Waals surface area contributed by atoms with Crippen LogP contribution in [0.3, 0.4) is 0 Å². The monoisotopic (exact) mass is 404 g/mol. The van der Waals surface area contributed by atoms with E-state index < -0.39 is 0 Å². The van der Waals surface area contributed by atoms with Crippen LogP contribution in [0.5, 0.6) is 0 Å². The molecule has 3 heterocycles. The van der Waals surface area contributed by atoms with Crippen LogP contribution in [0.4, 0.5) is 5.69 Å². The summed E-state index contributed by atoms with van der Waals surface area (Å²) in [5, 5.41) is 0.629. The number of rotatable bonds is 4. The summed E-state index contributed by atoms with van der Waals surface area (Å²) in [4.78, 5) is 32.3. The molecule has 4 N–H and O–H groups in total. The van der Waals surface area contributed by atoms with Gasteiger partial charge in [-0.25, -0.2) is 14.8 Å². The van der Waals surface area contributed by atoms with Crippen molar-refractivity contribution >= 4 is 28.4 Å². The lowest BCUT2D eigenvalue weighted by molar-refractivity contribution is -0.354. The Morgan fingerprint density at radius 3 is 2.70 bits per heavy atom. The number of anilines is 1. The molecule has 1 aliphatic carbocycles. The lowest BCUT2D eigenvalue weighted by Gasteiger charge is -2.36. The van der Waals surface area contributed by atoms with Crippen molar-refractivity contribution in [3.05, 3.63) is 58.2 Å². The molecule has 5 rings (SSSR count). The molecule has 0 unspecified atom stereocenters. The Balaban J connectivity index is 1.40. The number of benzene rings is 1. The number of aromatic amines is 2. The van der Waals surface area contributed by atoms with Gasteiger partial charge in [0, 0.05) is 44.1 Å². The van der Waals surface area contributed by atoms with Crippen molar-refractivity contribution < 1.29 is 4.98 Å². The topological polar surface area (TPSA) is 105 Å². The summed E-state index contributed by atoms with van der Waals surface area (Å²) in [6.07, 6.45) is 7.71. The number of aromatic nitrogens is 4.